The van der Waals surface area contributed by atoms with Crippen molar-refractivity contribution in [1.82, 2.24) is 24.6 Å². The fraction of sp³-hybridized carbons (Fsp3) is 0.391. The summed E-state index contributed by atoms with van der Waals surface area (Å²) in [7, 11) is 0. The second-order valence-corrected chi connectivity index (χ2v) is 8.81. The standard InChI is InChI=1S/C23H25N5O3S/c29-21(13-17-5-12-32-16-17)27-7-4-20-19(15-27)22(23(30)26-8-10-31-11-9-26)25-28(20)14-18-3-1-2-6-24-18/h1-3,5-6,12,16H,4,7-11,13-15H2. The molecule has 0 N–H and O–H groups in total. The van der Waals surface area contributed by atoms with Gasteiger partial charge in [0.1, 0.15) is 0 Å². The molecule has 166 valence electrons. The number of ether oxygens (including phenoxy) is 1. The summed E-state index contributed by atoms with van der Waals surface area (Å²) in [6.45, 7) is 3.72. The fourth-order valence-corrected chi connectivity index (χ4v) is 4.92. The maximum Gasteiger partial charge on any atom is 0.274 e. The van der Waals surface area contributed by atoms with Gasteiger partial charge >= 0.3 is 0 Å². The second-order valence-electron chi connectivity index (χ2n) is 8.03. The van der Waals surface area contributed by atoms with Gasteiger partial charge in [0.15, 0.2) is 5.69 Å². The second kappa shape index (κ2) is 9.22. The van der Waals surface area contributed by atoms with E-state index >= 15 is 0 Å². The number of aromatic nitrogens is 3. The van der Waals surface area contributed by atoms with E-state index in [1.54, 1.807) is 22.4 Å². The Morgan fingerprint density at radius 1 is 1.09 bits per heavy atom. The van der Waals surface area contributed by atoms with Crippen LogP contribution in [0.2, 0.25) is 0 Å². The molecule has 0 saturated carbocycles. The molecule has 3 aromatic rings. The molecular weight excluding hydrogens is 426 g/mol. The molecule has 0 unspecified atom stereocenters. The molecule has 0 aromatic carbocycles. The Bertz CT molecular complexity index is 1090. The van der Waals surface area contributed by atoms with E-state index < -0.39 is 0 Å². The van der Waals surface area contributed by atoms with Crippen LogP contribution in [0.5, 0.6) is 0 Å². The monoisotopic (exact) mass is 451 g/mol. The molecule has 1 saturated heterocycles. The van der Waals surface area contributed by atoms with Crippen molar-refractivity contribution in [1.29, 1.82) is 0 Å². The van der Waals surface area contributed by atoms with Crippen molar-refractivity contribution in [3.8, 4) is 0 Å². The van der Waals surface area contributed by atoms with E-state index in [4.69, 9.17) is 9.84 Å². The van der Waals surface area contributed by atoms with Gasteiger partial charge in [-0.2, -0.15) is 16.4 Å². The lowest BCUT2D eigenvalue weighted by atomic mass is 10.0. The molecule has 2 aliphatic rings. The van der Waals surface area contributed by atoms with Crippen molar-refractivity contribution in [2.24, 2.45) is 0 Å². The van der Waals surface area contributed by atoms with E-state index in [0.717, 1.165) is 22.5 Å². The Labute approximate surface area is 190 Å². The van der Waals surface area contributed by atoms with E-state index in [0.29, 0.717) is 64.5 Å². The predicted octanol–water partition coefficient (Wildman–Crippen LogP) is 1.99. The Morgan fingerprint density at radius 2 is 1.97 bits per heavy atom. The van der Waals surface area contributed by atoms with E-state index in [2.05, 4.69) is 4.98 Å². The average molecular weight is 452 g/mol. The summed E-state index contributed by atoms with van der Waals surface area (Å²) < 4.78 is 7.30. The number of carbonyl (C=O) groups is 2. The third kappa shape index (κ3) is 4.31. The SMILES string of the molecule is O=C(Cc1ccsc1)N1CCc2c(c(C(=O)N3CCOCC3)nn2Cc2ccccn2)C1. The van der Waals surface area contributed by atoms with Gasteiger partial charge in [-0.05, 0) is 34.5 Å². The first-order chi connectivity index (χ1) is 15.7. The third-order valence-electron chi connectivity index (χ3n) is 5.96. The number of pyridine rings is 1. The van der Waals surface area contributed by atoms with E-state index in [1.807, 2.05) is 44.6 Å². The van der Waals surface area contributed by atoms with Crippen LogP contribution in [0.4, 0.5) is 0 Å². The quantitative estimate of drug-likeness (QED) is 0.593. The Hall–Kier alpha value is -3.04. The van der Waals surface area contributed by atoms with Crippen LogP contribution in [-0.2, 0) is 35.5 Å². The van der Waals surface area contributed by atoms with Crippen molar-refractivity contribution >= 4 is 23.2 Å². The van der Waals surface area contributed by atoms with Crippen LogP contribution < -0.4 is 0 Å². The van der Waals surface area contributed by atoms with Crippen molar-refractivity contribution in [2.45, 2.75) is 25.9 Å². The first kappa shape index (κ1) is 20.8. The van der Waals surface area contributed by atoms with Crippen LogP contribution in [0.1, 0.15) is 33.0 Å². The zero-order valence-electron chi connectivity index (χ0n) is 17.8. The topological polar surface area (TPSA) is 80.6 Å². The summed E-state index contributed by atoms with van der Waals surface area (Å²) in [5, 5.41) is 8.73. The number of nitrogens with zero attached hydrogens (tertiary/aromatic N) is 5. The summed E-state index contributed by atoms with van der Waals surface area (Å²) in [6, 6.07) is 7.77. The summed E-state index contributed by atoms with van der Waals surface area (Å²) in [5.41, 5.74) is 4.25. The number of thiophene rings is 1. The fourth-order valence-electron chi connectivity index (χ4n) is 4.25. The predicted molar refractivity (Wildman–Crippen MR) is 119 cm³/mol. The smallest absolute Gasteiger partial charge is 0.274 e. The summed E-state index contributed by atoms with van der Waals surface area (Å²) in [4.78, 5) is 34.3. The molecule has 5 heterocycles. The van der Waals surface area contributed by atoms with Crippen LogP contribution in [0.25, 0.3) is 0 Å². The van der Waals surface area contributed by atoms with Gasteiger partial charge in [-0.1, -0.05) is 6.07 Å². The highest BCUT2D eigenvalue weighted by molar-refractivity contribution is 7.08. The van der Waals surface area contributed by atoms with Gasteiger partial charge in [0.2, 0.25) is 5.91 Å². The van der Waals surface area contributed by atoms with Crippen molar-refractivity contribution < 1.29 is 14.3 Å². The van der Waals surface area contributed by atoms with Gasteiger partial charge < -0.3 is 14.5 Å². The summed E-state index contributed by atoms with van der Waals surface area (Å²) in [5.74, 6) is -0.00671. The molecule has 3 aromatic heterocycles. The van der Waals surface area contributed by atoms with Gasteiger partial charge in [-0.3, -0.25) is 19.3 Å². The van der Waals surface area contributed by atoms with E-state index in [-0.39, 0.29) is 11.8 Å². The Kier molecular flexibility index (Phi) is 6.00. The first-order valence-corrected chi connectivity index (χ1v) is 11.8. The van der Waals surface area contributed by atoms with Gasteiger partial charge in [-0.15, -0.1) is 0 Å². The normalized spacial score (nSPS) is 16.1. The number of rotatable bonds is 5. The Morgan fingerprint density at radius 3 is 2.72 bits per heavy atom. The molecule has 0 radical (unpaired) electrons. The number of carbonyl (C=O) groups excluding carboxylic acids is 2. The molecule has 0 aliphatic carbocycles. The average Bonchev–Trinajstić information content (AvgIpc) is 3.47. The molecule has 2 amide bonds. The number of fused-ring (bicyclic) bond motifs is 1. The van der Waals surface area contributed by atoms with Gasteiger partial charge in [0, 0.05) is 50.1 Å². The maximum absolute atomic E-state index is 13.3. The minimum absolute atomic E-state index is 0.0799. The molecule has 9 heteroatoms. The first-order valence-electron chi connectivity index (χ1n) is 10.8. The molecule has 0 spiro atoms. The number of hydrogen-bond donors (Lipinski definition) is 0. The lowest BCUT2D eigenvalue weighted by Crippen LogP contribution is -2.42. The van der Waals surface area contributed by atoms with Crippen LogP contribution in [-0.4, -0.2) is 69.2 Å². The molecule has 0 bridgehead atoms. The third-order valence-corrected chi connectivity index (χ3v) is 6.69. The zero-order valence-corrected chi connectivity index (χ0v) is 18.6. The summed E-state index contributed by atoms with van der Waals surface area (Å²) in [6.07, 6.45) is 2.81. The number of amides is 2. The van der Waals surface area contributed by atoms with Gasteiger partial charge in [-0.25, -0.2) is 0 Å². The highest BCUT2D eigenvalue weighted by Crippen LogP contribution is 2.25. The molecule has 2 aliphatic heterocycles. The number of morpholine rings is 1. The maximum atomic E-state index is 13.3. The minimum Gasteiger partial charge on any atom is -0.378 e. The molecule has 0 atom stereocenters. The molecule has 32 heavy (non-hydrogen) atoms. The van der Waals surface area contributed by atoms with Crippen molar-refractivity contribution in [3.05, 3.63) is 69.4 Å². The molecule has 1 fully saturated rings. The lowest BCUT2D eigenvalue weighted by Gasteiger charge is -2.29. The summed E-state index contributed by atoms with van der Waals surface area (Å²) >= 11 is 1.59. The molecule has 5 rings (SSSR count). The lowest BCUT2D eigenvalue weighted by molar-refractivity contribution is -0.131. The van der Waals surface area contributed by atoms with Crippen LogP contribution in [0, 0.1) is 0 Å². The Balaban J connectivity index is 1.43. The molecule has 8 nitrogen and oxygen atoms in total. The highest BCUT2D eigenvalue weighted by atomic mass is 32.1. The van der Waals surface area contributed by atoms with E-state index in [9.17, 15) is 9.59 Å². The van der Waals surface area contributed by atoms with E-state index in [1.165, 1.54) is 0 Å². The van der Waals surface area contributed by atoms with Crippen molar-refractivity contribution in [2.75, 3.05) is 32.8 Å². The van der Waals surface area contributed by atoms with Crippen LogP contribution in [0.3, 0.4) is 0 Å². The molecular formula is C23H25N5O3S. The van der Waals surface area contributed by atoms with Crippen LogP contribution >= 0.6 is 11.3 Å². The van der Waals surface area contributed by atoms with Gasteiger partial charge in [0.05, 0.1) is 31.9 Å². The minimum atomic E-state index is -0.0866. The van der Waals surface area contributed by atoms with Crippen molar-refractivity contribution in [3.63, 3.8) is 0 Å². The van der Waals surface area contributed by atoms with Crippen LogP contribution in [0.15, 0.2) is 41.2 Å². The highest BCUT2D eigenvalue weighted by Gasteiger charge is 2.32. The zero-order chi connectivity index (χ0) is 21.9. The largest absolute Gasteiger partial charge is 0.378 e. The van der Waals surface area contributed by atoms with Gasteiger partial charge in [0.25, 0.3) is 5.91 Å². The number of hydrogen-bond acceptors (Lipinski definition) is 6.